The van der Waals surface area contributed by atoms with Crippen LogP contribution >= 0.6 is 0 Å². The van der Waals surface area contributed by atoms with Crippen LogP contribution in [0.2, 0.25) is 0 Å². The van der Waals surface area contributed by atoms with E-state index < -0.39 is 6.10 Å². The number of carbonyl (C=O) groups is 1. The van der Waals surface area contributed by atoms with Crippen molar-refractivity contribution in [2.24, 2.45) is 0 Å². The fourth-order valence-electron chi connectivity index (χ4n) is 3.72. The summed E-state index contributed by atoms with van der Waals surface area (Å²) in [6.45, 7) is 10.4. The Morgan fingerprint density at radius 2 is 1.71 bits per heavy atom. The Labute approximate surface area is 182 Å². The molecule has 1 unspecified atom stereocenters. The SMILES string of the molecule is Cc1ccc(C)c(OC(C)C(=O)N2CCN(c3ccc(-n4ccnc4C)nn3)CC2)c1. The maximum Gasteiger partial charge on any atom is 0.263 e. The van der Waals surface area contributed by atoms with Gasteiger partial charge in [-0.15, -0.1) is 10.2 Å². The van der Waals surface area contributed by atoms with Crippen LogP contribution in [0.25, 0.3) is 5.82 Å². The summed E-state index contributed by atoms with van der Waals surface area (Å²) in [6.07, 6.45) is 3.08. The number of hydrogen-bond acceptors (Lipinski definition) is 6. The Morgan fingerprint density at radius 1 is 1.00 bits per heavy atom. The van der Waals surface area contributed by atoms with Gasteiger partial charge in [-0.25, -0.2) is 4.98 Å². The highest BCUT2D eigenvalue weighted by Crippen LogP contribution is 2.21. The van der Waals surface area contributed by atoms with Crippen LogP contribution in [-0.4, -0.2) is 62.8 Å². The van der Waals surface area contributed by atoms with Crippen molar-refractivity contribution >= 4 is 11.7 Å². The minimum absolute atomic E-state index is 0.0116. The maximum atomic E-state index is 12.9. The molecule has 0 saturated carbocycles. The van der Waals surface area contributed by atoms with Crippen molar-refractivity contribution in [3.8, 4) is 11.6 Å². The number of benzene rings is 1. The molecule has 1 atom stereocenters. The molecule has 3 aromatic rings. The third kappa shape index (κ3) is 4.52. The van der Waals surface area contributed by atoms with Gasteiger partial charge >= 0.3 is 0 Å². The average molecular weight is 421 g/mol. The number of hydrogen-bond donors (Lipinski definition) is 0. The fourth-order valence-corrected chi connectivity index (χ4v) is 3.72. The summed E-state index contributed by atoms with van der Waals surface area (Å²) in [7, 11) is 0. The van der Waals surface area contributed by atoms with E-state index >= 15 is 0 Å². The Bertz CT molecular complexity index is 1050. The molecule has 4 rings (SSSR count). The van der Waals surface area contributed by atoms with E-state index in [4.69, 9.17) is 4.74 Å². The molecule has 0 aliphatic carbocycles. The van der Waals surface area contributed by atoms with E-state index in [2.05, 4.69) is 20.1 Å². The Morgan fingerprint density at radius 3 is 2.35 bits per heavy atom. The molecule has 1 fully saturated rings. The third-order valence-corrected chi connectivity index (χ3v) is 5.62. The van der Waals surface area contributed by atoms with Crippen molar-refractivity contribution in [3.05, 3.63) is 59.7 Å². The van der Waals surface area contributed by atoms with E-state index in [9.17, 15) is 4.79 Å². The van der Waals surface area contributed by atoms with Gasteiger partial charge in [-0.3, -0.25) is 9.36 Å². The van der Waals surface area contributed by atoms with Gasteiger partial charge in [-0.1, -0.05) is 12.1 Å². The number of aryl methyl sites for hydroxylation is 3. The Balaban J connectivity index is 1.34. The molecule has 0 N–H and O–H groups in total. The molecule has 1 aliphatic rings. The van der Waals surface area contributed by atoms with Crippen molar-refractivity contribution in [2.75, 3.05) is 31.1 Å². The molecule has 0 spiro atoms. The van der Waals surface area contributed by atoms with Gasteiger partial charge in [0.25, 0.3) is 5.91 Å². The highest BCUT2D eigenvalue weighted by molar-refractivity contribution is 5.81. The number of carbonyl (C=O) groups excluding carboxylic acids is 1. The first-order chi connectivity index (χ1) is 14.9. The van der Waals surface area contributed by atoms with Crippen molar-refractivity contribution in [2.45, 2.75) is 33.8 Å². The lowest BCUT2D eigenvalue weighted by atomic mass is 10.1. The third-order valence-electron chi connectivity index (χ3n) is 5.62. The van der Waals surface area contributed by atoms with Crippen LogP contribution < -0.4 is 9.64 Å². The predicted molar refractivity (Wildman–Crippen MR) is 119 cm³/mol. The zero-order valence-electron chi connectivity index (χ0n) is 18.4. The molecule has 31 heavy (non-hydrogen) atoms. The van der Waals surface area contributed by atoms with E-state index in [0.29, 0.717) is 26.2 Å². The summed E-state index contributed by atoms with van der Waals surface area (Å²) in [5.41, 5.74) is 2.15. The number of nitrogens with zero attached hydrogens (tertiary/aromatic N) is 6. The smallest absolute Gasteiger partial charge is 0.263 e. The van der Waals surface area contributed by atoms with Gasteiger partial charge in [0, 0.05) is 38.6 Å². The minimum atomic E-state index is -0.524. The first-order valence-electron chi connectivity index (χ1n) is 10.5. The molecule has 0 bridgehead atoms. The van der Waals surface area contributed by atoms with Crippen LogP contribution in [0.3, 0.4) is 0 Å². The van der Waals surface area contributed by atoms with E-state index in [1.54, 1.807) is 6.20 Å². The summed E-state index contributed by atoms with van der Waals surface area (Å²) >= 11 is 0. The molecule has 162 valence electrons. The highest BCUT2D eigenvalue weighted by atomic mass is 16.5. The van der Waals surface area contributed by atoms with Gasteiger partial charge in [0.05, 0.1) is 0 Å². The lowest BCUT2D eigenvalue weighted by Gasteiger charge is -2.36. The van der Waals surface area contributed by atoms with E-state index in [1.807, 2.05) is 73.7 Å². The number of piperazine rings is 1. The number of aromatic nitrogens is 4. The van der Waals surface area contributed by atoms with Crippen LogP contribution in [-0.2, 0) is 4.79 Å². The second-order valence-electron chi connectivity index (χ2n) is 7.94. The Hall–Kier alpha value is -3.42. The molecule has 2 aromatic heterocycles. The van der Waals surface area contributed by atoms with Gasteiger partial charge in [-0.2, -0.15) is 0 Å². The molecule has 1 saturated heterocycles. The van der Waals surface area contributed by atoms with Crippen LogP contribution in [0.5, 0.6) is 5.75 Å². The summed E-state index contributed by atoms with van der Waals surface area (Å²) in [5, 5.41) is 8.71. The predicted octanol–water partition coefficient (Wildman–Crippen LogP) is 2.70. The van der Waals surface area contributed by atoms with Crippen LogP contribution in [0.1, 0.15) is 23.9 Å². The first kappa shape index (κ1) is 20.8. The van der Waals surface area contributed by atoms with E-state index in [1.165, 1.54) is 0 Å². The minimum Gasteiger partial charge on any atom is -0.481 e. The number of rotatable bonds is 5. The number of anilines is 1. The first-order valence-corrected chi connectivity index (χ1v) is 10.5. The van der Waals surface area contributed by atoms with Gasteiger partial charge < -0.3 is 14.5 Å². The Kier molecular flexibility index (Phi) is 5.88. The lowest BCUT2D eigenvalue weighted by molar-refractivity contribution is -0.138. The van der Waals surface area contributed by atoms with Crippen molar-refractivity contribution in [1.82, 2.24) is 24.6 Å². The van der Waals surface area contributed by atoms with Crippen molar-refractivity contribution < 1.29 is 9.53 Å². The second kappa shape index (κ2) is 8.75. The van der Waals surface area contributed by atoms with Gasteiger partial charge in [0.2, 0.25) is 0 Å². The fraction of sp³-hybridized carbons (Fsp3) is 0.391. The normalized spacial score (nSPS) is 15.1. The molecule has 1 amide bonds. The quantitative estimate of drug-likeness (QED) is 0.632. The zero-order chi connectivity index (χ0) is 22.0. The summed E-state index contributed by atoms with van der Waals surface area (Å²) in [5.74, 6) is 3.20. The van der Waals surface area contributed by atoms with Crippen LogP contribution in [0.15, 0.2) is 42.7 Å². The lowest BCUT2D eigenvalue weighted by Crippen LogP contribution is -2.52. The van der Waals surface area contributed by atoms with Gasteiger partial charge in [-0.05, 0) is 57.0 Å². The van der Waals surface area contributed by atoms with Gasteiger partial charge in [0.1, 0.15) is 11.6 Å². The standard InChI is InChI=1S/C23H28N6O2/c1-16-5-6-17(2)20(15-16)31-18(3)23(30)28-13-11-27(12-14-28)21-7-8-22(26-25-21)29-10-9-24-19(29)4/h5-10,15,18H,11-14H2,1-4H3. The van der Waals surface area contributed by atoms with Crippen molar-refractivity contribution in [1.29, 1.82) is 0 Å². The highest BCUT2D eigenvalue weighted by Gasteiger charge is 2.27. The van der Waals surface area contributed by atoms with E-state index in [0.717, 1.165) is 34.3 Å². The molecule has 3 heterocycles. The van der Waals surface area contributed by atoms with Gasteiger partial charge in [0.15, 0.2) is 17.7 Å². The molecule has 8 nitrogen and oxygen atoms in total. The summed E-state index contributed by atoms with van der Waals surface area (Å²) < 4.78 is 7.87. The molecule has 8 heteroatoms. The zero-order valence-corrected chi connectivity index (χ0v) is 18.4. The van der Waals surface area contributed by atoms with E-state index in [-0.39, 0.29) is 5.91 Å². The summed E-state index contributed by atoms with van der Waals surface area (Å²) in [6, 6.07) is 9.94. The molecular weight excluding hydrogens is 392 g/mol. The maximum absolute atomic E-state index is 12.9. The molecule has 0 radical (unpaired) electrons. The number of amides is 1. The monoisotopic (exact) mass is 420 g/mol. The second-order valence-corrected chi connectivity index (χ2v) is 7.94. The van der Waals surface area contributed by atoms with Crippen LogP contribution in [0, 0.1) is 20.8 Å². The van der Waals surface area contributed by atoms with Crippen LogP contribution in [0.4, 0.5) is 5.82 Å². The van der Waals surface area contributed by atoms with Crippen molar-refractivity contribution in [3.63, 3.8) is 0 Å². The summed E-state index contributed by atoms with van der Waals surface area (Å²) in [4.78, 5) is 21.1. The molecule has 1 aliphatic heterocycles. The molecule has 1 aromatic carbocycles. The number of ether oxygens (including phenoxy) is 1. The topological polar surface area (TPSA) is 76.4 Å². The number of imidazole rings is 1. The average Bonchev–Trinajstić information content (AvgIpc) is 3.22. The molecular formula is C23H28N6O2. The largest absolute Gasteiger partial charge is 0.481 e.